The Morgan fingerprint density at radius 2 is 2.21 bits per heavy atom. The Morgan fingerprint density at radius 3 is 2.79 bits per heavy atom. The second-order valence-electron chi connectivity index (χ2n) is 3.08. The summed E-state index contributed by atoms with van der Waals surface area (Å²) in [6, 6.07) is 5.05. The van der Waals surface area contributed by atoms with E-state index in [9.17, 15) is 9.18 Å². The first-order chi connectivity index (χ1) is 6.63. The van der Waals surface area contributed by atoms with E-state index in [1.54, 1.807) is 18.2 Å². The molecule has 3 nitrogen and oxygen atoms in total. The van der Waals surface area contributed by atoms with Crippen LogP contribution in [0.25, 0.3) is 0 Å². The number of benzene rings is 1. The fourth-order valence-electron chi connectivity index (χ4n) is 1.21. The van der Waals surface area contributed by atoms with Gasteiger partial charge < -0.3 is 11.1 Å². The van der Waals surface area contributed by atoms with Gasteiger partial charge in [-0.15, -0.1) is 0 Å². The Bertz CT molecular complexity index is 319. The largest absolute Gasteiger partial charge is 0.399 e. The van der Waals surface area contributed by atoms with Crippen molar-refractivity contribution in [1.82, 2.24) is 5.32 Å². The molecule has 0 heterocycles. The summed E-state index contributed by atoms with van der Waals surface area (Å²) in [5, 5.41) is 2.43. The van der Waals surface area contributed by atoms with Crippen molar-refractivity contribution in [3.8, 4) is 0 Å². The fraction of sp³-hybridized carbons (Fsp3) is 0.300. The number of hydrogen-bond acceptors (Lipinski definition) is 2. The number of carbonyl (C=O) groups is 1. The zero-order valence-corrected chi connectivity index (χ0v) is 8.01. The van der Waals surface area contributed by atoms with Crippen LogP contribution in [0.1, 0.15) is 15.9 Å². The lowest BCUT2D eigenvalue weighted by molar-refractivity contribution is 0.0951. The molecule has 0 saturated heterocycles. The molecular weight excluding hydrogens is 183 g/mol. The minimum Gasteiger partial charge on any atom is -0.399 e. The molecule has 0 bridgehead atoms. The van der Waals surface area contributed by atoms with E-state index in [1.165, 1.54) is 0 Å². The molecule has 14 heavy (non-hydrogen) atoms. The van der Waals surface area contributed by atoms with Crippen molar-refractivity contribution in [2.24, 2.45) is 0 Å². The number of alkyl halides is 1. The van der Waals surface area contributed by atoms with E-state index >= 15 is 0 Å². The predicted octanol–water partition coefficient (Wildman–Crippen LogP) is 1.28. The molecule has 0 aliphatic carbocycles. The van der Waals surface area contributed by atoms with Gasteiger partial charge in [0.2, 0.25) is 0 Å². The number of hydrogen-bond donors (Lipinski definition) is 2. The van der Waals surface area contributed by atoms with Crippen LogP contribution in [0.5, 0.6) is 0 Å². The van der Waals surface area contributed by atoms with Gasteiger partial charge >= 0.3 is 0 Å². The maximum atomic E-state index is 11.8. The van der Waals surface area contributed by atoms with Crippen molar-refractivity contribution in [3.63, 3.8) is 0 Å². The Labute approximate surface area is 82.1 Å². The molecule has 1 amide bonds. The van der Waals surface area contributed by atoms with Crippen LogP contribution in [0, 0.1) is 6.92 Å². The number of aryl methyl sites for hydroxylation is 1. The van der Waals surface area contributed by atoms with Crippen molar-refractivity contribution in [3.05, 3.63) is 29.3 Å². The third-order valence-electron chi connectivity index (χ3n) is 1.74. The van der Waals surface area contributed by atoms with Gasteiger partial charge in [-0.05, 0) is 30.7 Å². The van der Waals surface area contributed by atoms with Crippen LogP contribution >= 0.6 is 0 Å². The summed E-state index contributed by atoms with van der Waals surface area (Å²) in [5.74, 6) is -0.293. The number of carbonyl (C=O) groups excluding carboxylic acids is 1. The van der Waals surface area contributed by atoms with Gasteiger partial charge in [0.25, 0.3) is 5.91 Å². The molecule has 0 aliphatic rings. The summed E-state index contributed by atoms with van der Waals surface area (Å²) in [5.41, 5.74) is 7.49. The average molecular weight is 196 g/mol. The number of nitrogen functional groups attached to an aromatic ring is 1. The molecule has 1 aromatic carbocycles. The number of nitrogens with two attached hydrogens (primary N) is 1. The minimum atomic E-state index is -0.562. The number of amides is 1. The molecule has 0 saturated carbocycles. The molecule has 0 fully saturated rings. The molecule has 1 rings (SSSR count). The first-order valence-corrected chi connectivity index (χ1v) is 4.35. The fourth-order valence-corrected chi connectivity index (χ4v) is 1.21. The Kier molecular flexibility index (Phi) is 3.45. The normalized spacial score (nSPS) is 9.86. The summed E-state index contributed by atoms with van der Waals surface area (Å²) in [6.45, 7) is 1.32. The molecular formula is C10H13FN2O. The first-order valence-electron chi connectivity index (χ1n) is 4.35. The third-order valence-corrected chi connectivity index (χ3v) is 1.74. The second kappa shape index (κ2) is 4.60. The molecule has 76 valence electrons. The molecule has 0 atom stereocenters. The molecule has 0 aromatic heterocycles. The van der Waals surface area contributed by atoms with Gasteiger partial charge in [-0.1, -0.05) is 0 Å². The van der Waals surface area contributed by atoms with Crippen LogP contribution in [0.4, 0.5) is 10.1 Å². The highest BCUT2D eigenvalue weighted by molar-refractivity contribution is 5.95. The lowest BCUT2D eigenvalue weighted by atomic mass is 10.1. The van der Waals surface area contributed by atoms with Gasteiger partial charge in [-0.3, -0.25) is 4.79 Å². The van der Waals surface area contributed by atoms with Gasteiger partial charge in [0.15, 0.2) is 0 Å². The van der Waals surface area contributed by atoms with Crippen molar-refractivity contribution in [1.29, 1.82) is 0 Å². The summed E-state index contributed by atoms with van der Waals surface area (Å²) >= 11 is 0. The SMILES string of the molecule is Cc1cc(N)cc(C(=O)NCCF)c1. The maximum Gasteiger partial charge on any atom is 0.251 e. The number of anilines is 1. The monoisotopic (exact) mass is 196 g/mol. The van der Waals surface area contributed by atoms with Crippen LogP contribution in [-0.2, 0) is 0 Å². The maximum absolute atomic E-state index is 11.8. The van der Waals surface area contributed by atoms with Crippen LogP contribution in [-0.4, -0.2) is 19.1 Å². The molecule has 3 N–H and O–H groups in total. The molecule has 0 radical (unpaired) electrons. The average Bonchev–Trinajstić information content (AvgIpc) is 2.12. The van der Waals surface area contributed by atoms with E-state index in [0.29, 0.717) is 11.3 Å². The van der Waals surface area contributed by atoms with Gasteiger partial charge in [-0.25, -0.2) is 4.39 Å². The number of halogens is 1. The smallest absolute Gasteiger partial charge is 0.251 e. The Morgan fingerprint density at radius 1 is 1.50 bits per heavy atom. The summed E-state index contributed by atoms with van der Waals surface area (Å²) in [7, 11) is 0. The van der Waals surface area contributed by atoms with Crippen molar-refractivity contribution >= 4 is 11.6 Å². The third kappa shape index (κ3) is 2.73. The molecule has 4 heteroatoms. The highest BCUT2D eigenvalue weighted by atomic mass is 19.1. The summed E-state index contributed by atoms with van der Waals surface area (Å²) in [4.78, 5) is 11.4. The molecule has 0 unspecified atom stereocenters. The highest BCUT2D eigenvalue weighted by Gasteiger charge is 2.05. The predicted molar refractivity (Wildman–Crippen MR) is 53.9 cm³/mol. The first kappa shape index (κ1) is 10.5. The van der Waals surface area contributed by atoms with Crippen LogP contribution in [0.15, 0.2) is 18.2 Å². The highest BCUT2D eigenvalue weighted by Crippen LogP contribution is 2.10. The number of nitrogens with one attached hydrogen (secondary N) is 1. The standard InChI is InChI=1S/C10H13FN2O/c1-7-4-8(6-9(12)5-7)10(14)13-3-2-11/h4-6H,2-3,12H2,1H3,(H,13,14). The van der Waals surface area contributed by atoms with Gasteiger partial charge in [0.1, 0.15) is 6.67 Å². The van der Waals surface area contributed by atoms with E-state index in [1.807, 2.05) is 6.92 Å². The Hall–Kier alpha value is -1.58. The van der Waals surface area contributed by atoms with Crippen molar-refractivity contribution < 1.29 is 9.18 Å². The second-order valence-corrected chi connectivity index (χ2v) is 3.08. The quantitative estimate of drug-likeness (QED) is 0.715. The molecule has 0 spiro atoms. The summed E-state index contributed by atoms with van der Waals surface area (Å²) in [6.07, 6.45) is 0. The lowest BCUT2D eigenvalue weighted by Crippen LogP contribution is -2.25. The van der Waals surface area contributed by atoms with Crippen LogP contribution in [0.2, 0.25) is 0 Å². The van der Waals surface area contributed by atoms with Crippen LogP contribution in [0.3, 0.4) is 0 Å². The van der Waals surface area contributed by atoms with Crippen molar-refractivity contribution in [2.75, 3.05) is 19.0 Å². The van der Waals surface area contributed by atoms with Gasteiger partial charge in [0, 0.05) is 17.8 Å². The topological polar surface area (TPSA) is 55.1 Å². The Balaban J connectivity index is 2.79. The molecule has 0 aliphatic heterocycles. The van der Waals surface area contributed by atoms with Crippen molar-refractivity contribution in [2.45, 2.75) is 6.92 Å². The zero-order chi connectivity index (χ0) is 10.6. The summed E-state index contributed by atoms with van der Waals surface area (Å²) < 4.78 is 11.8. The van der Waals surface area contributed by atoms with E-state index in [2.05, 4.69) is 5.32 Å². The van der Waals surface area contributed by atoms with Gasteiger partial charge in [0.05, 0.1) is 0 Å². The van der Waals surface area contributed by atoms with E-state index in [0.717, 1.165) is 5.56 Å². The minimum absolute atomic E-state index is 0.0344. The van der Waals surface area contributed by atoms with E-state index in [-0.39, 0.29) is 12.5 Å². The molecule has 1 aromatic rings. The van der Waals surface area contributed by atoms with E-state index in [4.69, 9.17) is 5.73 Å². The zero-order valence-electron chi connectivity index (χ0n) is 8.01. The van der Waals surface area contributed by atoms with Gasteiger partial charge in [-0.2, -0.15) is 0 Å². The van der Waals surface area contributed by atoms with Crippen LogP contribution < -0.4 is 11.1 Å². The van der Waals surface area contributed by atoms with E-state index < -0.39 is 6.67 Å². The lowest BCUT2D eigenvalue weighted by Gasteiger charge is -2.04. The number of rotatable bonds is 3.